The lowest BCUT2D eigenvalue weighted by atomic mass is 9.85. The largest absolute Gasteiger partial charge is 0.331 e. The molecule has 42 heavy (non-hydrogen) atoms. The highest BCUT2D eigenvalue weighted by Crippen LogP contribution is 2.27. The molecule has 0 aliphatic heterocycles. The Labute approximate surface area is 269 Å². The number of anilines is 1. The van der Waals surface area contributed by atoms with Gasteiger partial charge in [0.25, 0.3) is 0 Å². The van der Waals surface area contributed by atoms with Gasteiger partial charge in [-0.25, -0.2) is 10.4 Å². The lowest BCUT2D eigenvalue weighted by Crippen LogP contribution is -2.51. The number of nitriles is 1. The number of aromatic nitrogens is 2. The summed E-state index contributed by atoms with van der Waals surface area (Å²) in [4.78, 5) is 18.0. The monoisotopic (exact) mass is 682 g/mol. The van der Waals surface area contributed by atoms with E-state index in [1.54, 1.807) is 35.7 Å². The number of imidazole rings is 1. The van der Waals surface area contributed by atoms with Gasteiger partial charge in [-0.1, -0.05) is 73.4 Å². The Morgan fingerprint density at radius 3 is 2.57 bits per heavy atom. The highest BCUT2D eigenvalue weighted by molar-refractivity contribution is 9.10. The van der Waals surface area contributed by atoms with Crippen LogP contribution in [0.4, 0.5) is 5.69 Å². The molecule has 0 bridgehead atoms. The van der Waals surface area contributed by atoms with Crippen LogP contribution in [-0.2, 0) is 24.3 Å². The second-order valence-electron chi connectivity index (χ2n) is 10.3. The first kappa shape index (κ1) is 31.7. The summed E-state index contributed by atoms with van der Waals surface area (Å²) in [6.07, 6.45) is 3.63. The second kappa shape index (κ2) is 14.3. The van der Waals surface area contributed by atoms with Crippen LogP contribution >= 0.6 is 51.3 Å². The second-order valence-corrected chi connectivity index (χ2v) is 12.4. The first-order valence-corrected chi connectivity index (χ1v) is 15.0. The van der Waals surface area contributed by atoms with Crippen LogP contribution in [0.25, 0.3) is 0 Å². The quantitative estimate of drug-likeness (QED) is 0.126. The number of ketones is 1. The van der Waals surface area contributed by atoms with Gasteiger partial charge in [0.1, 0.15) is 5.78 Å². The lowest BCUT2D eigenvalue weighted by molar-refractivity contribution is -0.127. The number of carbonyl (C=O) groups excluding carboxylic acids is 1. The topological polar surface area (TPSA) is 86.0 Å². The zero-order valence-corrected chi connectivity index (χ0v) is 27.0. The van der Waals surface area contributed by atoms with Gasteiger partial charge in [-0.3, -0.25) is 9.80 Å². The summed E-state index contributed by atoms with van der Waals surface area (Å²) in [5, 5.41) is 15.4. The molecule has 0 saturated carbocycles. The first-order valence-electron chi connectivity index (χ1n) is 13.1. The number of Topliss-reactive ketones (excluding diaryl/α,β-unsaturated/α-hetero) is 1. The molecule has 3 aromatic carbocycles. The van der Waals surface area contributed by atoms with Crippen molar-refractivity contribution in [2.24, 2.45) is 5.41 Å². The minimum atomic E-state index is -0.797. The Bertz CT molecular complexity index is 1620. The number of nitrogens with zero attached hydrogens (tertiary/aromatic N) is 4. The molecule has 0 unspecified atom stereocenters. The molecule has 4 rings (SSSR count). The van der Waals surface area contributed by atoms with E-state index in [0.29, 0.717) is 33.8 Å². The predicted octanol–water partition coefficient (Wildman–Crippen LogP) is 7.41. The van der Waals surface area contributed by atoms with Gasteiger partial charge in [0.2, 0.25) is 0 Å². The van der Waals surface area contributed by atoms with E-state index >= 15 is 0 Å². The Kier molecular flexibility index (Phi) is 10.8. The zero-order chi connectivity index (χ0) is 30.3. The maximum atomic E-state index is 13.7. The van der Waals surface area contributed by atoms with Crippen LogP contribution in [0.15, 0.2) is 83.7 Å². The lowest BCUT2D eigenvalue weighted by Gasteiger charge is -2.34. The van der Waals surface area contributed by atoms with E-state index in [1.807, 2.05) is 66.9 Å². The van der Waals surface area contributed by atoms with Crippen molar-refractivity contribution in [2.75, 3.05) is 11.9 Å². The minimum Gasteiger partial charge on any atom is -0.331 e. The molecule has 11 heteroatoms. The molecule has 0 amide bonds. The van der Waals surface area contributed by atoms with Crippen LogP contribution in [0.5, 0.6) is 0 Å². The summed E-state index contributed by atoms with van der Waals surface area (Å²) >= 11 is 22.0. The number of hydrogen-bond donors (Lipinski definition) is 2. The third-order valence-electron chi connectivity index (χ3n) is 6.74. The van der Waals surface area contributed by atoms with E-state index in [1.165, 1.54) is 0 Å². The number of hydrogen-bond acceptors (Lipinski definition) is 5. The summed E-state index contributed by atoms with van der Waals surface area (Å²) in [5.41, 5.74) is 6.56. The SMILES string of the molecule is CC(C)(CN(NCc1cccc(Cl)c1Cl)C(=S)Nc1ccccc1Br)C(=O)Cc1cncn1Cc1ccc(C#N)cc1. The van der Waals surface area contributed by atoms with Crippen LogP contribution in [-0.4, -0.2) is 32.0 Å². The van der Waals surface area contributed by atoms with Crippen molar-refractivity contribution in [1.29, 1.82) is 5.26 Å². The smallest absolute Gasteiger partial charge is 0.188 e. The Morgan fingerprint density at radius 1 is 1.12 bits per heavy atom. The first-order chi connectivity index (χ1) is 20.1. The van der Waals surface area contributed by atoms with Crippen LogP contribution in [0.1, 0.15) is 36.2 Å². The van der Waals surface area contributed by atoms with E-state index in [2.05, 4.69) is 37.7 Å². The van der Waals surface area contributed by atoms with Crippen molar-refractivity contribution < 1.29 is 4.79 Å². The third-order valence-corrected chi connectivity index (χ3v) is 8.61. The Balaban J connectivity index is 1.50. The molecule has 1 aromatic heterocycles. The normalized spacial score (nSPS) is 11.1. The van der Waals surface area contributed by atoms with Gasteiger partial charge in [0, 0.05) is 47.8 Å². The van der Waals surface area contributed by atoms with Crippen LogP contribution in [0, 0.1) is 16.7 Å². The summed E-state index contributed by atoms with van der Waals surface area (Å²) in [6.45, 7) is 4.98. The summed E-state index contributed by atoms with van der Waals surface area (Å²) in [7, 11) is 0. The van der Waals surface area contributed by atoms with Crippen LogP contribution < -0.4 is 10.7 Å². The van der Waals surface area contributed by atoms with Crippen molar-refractivity contribution in [2.45, 2.75) is 33.4 Å². The van der Waals surface area contributed by atoms with Gasteiger partial charge in [0.15, 0.2) is 5.11 Å². The molecule has 1 heterocycles. The number of rotatable bonds is 11. The van der Waals surface area contributed by atoms with Crippen molar-refractivity contribution in [3.8, 4) is 6.07 Å². The molecular formula is C31H29BrCl2N6OS. The summed E-state index contributed by atoms with van der Waals surface area (Å²) in [5.74, 6) is 0.0281. The zero-order valence-electron chi connectivity index (χ0n) is 23.1. The maximum Gasteiger partial charge on any atom is 0.188 e. The van der Waals surface area contributed by atoms with Gasteiger partial charge in [-0.05, 0) is 69.6 Å². The highest BCUT2D eigenvalue weighted by Gasteiger charge is 2.32. The molecule has 7 nitrogen and oxygen atoms in total. The van der Waals surface area contributed by atoms with Crippen molar-refractivity contribution >= 4 is 67.9 Å². The molecule has 0 atom stereocenters. The van der Waals surface area contributed by atoms with E-state index in [-0.39, 0.29) is 18.7 Å². The van der Waals surface area contributed by atoms with E-state index in [0.717, 1.165) is 27.0 Å². The fourth-order valence-electron chi connectivity index (χ4n) is 4.22. The van der Waals surface area contributed by atoms with Gasteiger partial charge in [-0.15, -0.1) is 0 Å². The standard InChI is InChI=1S/C31H29BrCl2N6OS/c1-31(2,28(41)14-24-17-36-20-39(24)18-22-12-10-21(15-35)11-13-22)19-40(30(42)38-27-9-4-3-7-25(27)32)37-16-23-6-5-8-26(33)29(23)34/h3-13,17,20,37H,14,16,18-19H2,1-2H3,(H,38,42). The molecule has 0 fully saturated rings. The number of hydrazine groups is 1. The third kappa shape index (κ3) is 8.18. The van der Waals surface area contributed by atoms with Crippen molar-refractivity contribution in [3.05, 3.63) is 116 Å². The Hall–Kier alpha value is -3.26. The molecular weight excluding hydrogens is 655 g/mol. The van der Waals surface area contributed by atoms with E-state index in [4.69, 9.17) is 40.7 Å². The molecule has 0 aliphatic carbocycles. The predicted molar refractivity (Wildman–Crippen MR) is 175 cm³/mol. The number of halogens is 3. The fraction of sp³-hybridized carbons (Fsp3) is 0.226. The Morgan fingerprint density at radius 2 is 1.86 bits per heavy atom. The minimum absolute atomic E-state index is 0.0281. The van der Waals surface area contributed by atoms with Crippen LogP contribution in [0.2, 0.25) is 10.0 Å². The molecule has 2 N–H and O–H groups in total. The summed E-state index contributed by atoms with van der Waals surface area (Å²) < 4.78 is 2.81. The van der Waals surface area contributed by atoms with Gasteiger partial charge in [-0.2, -0.15) is 5.26 Å². The fourth-order valence-corrected chi connectivity index (χ4v) is 5.23. The molecule has 0 radical (unpaired) electrons. The molecule has 0 aliphatic rings. The van der Waals surface area contributed by atoms with Gasteiger partial charge < -0.3 is 9.88 Å². The van der Waals surface area contributed by atoms with Crippen molar-refractivity contribution in [1.82, 2.24) is 20.0 Å². The van der Waals surface area contributed by atoms with Gasteiger partial charge >= 0.3 is 0 Å². The molecule has 0 saturated heterocycles. The van der Waals surface area contributed by atoms with E-state index < -0.39 is 5.41 Å². The van der Waals surface area contributed by atoms with Crippen molar-refractivity contribution in [3.63, 3.8) is 0 Å². The number of thiocarbonyl (C=S) groups is 1. The molecule has 0 spiro atoms. The highest BCUT2D eigenvalue weighted by atomic mass is 79.9. The number of benzene rings is 3. The average molecular weight is 684 g/mol. The average Bonchev–Trinajstić information content (AvgIpc) is 3.40. The number of carbonyl (C=O) groups is 1. The van der Waals surface area contributed by atoms with Gasteiger partial charge in [0.05, 0.1) is 33.7 Å². The summed E-state index contributed by atoms with van der Waals surface area (Å²) in [6, 6.07) is 22.6. The maximum absolute atomic E-state index is 13.7. The molecule has 216 valence electrons. The van der Waals surface area contributed by atoms with Crippen LogP contribution in [0.3, 0.4) is 0 Å². The number of para-hydroxylation sites is 1. The van der Waals surface area contributed by atoms with E-state index in [9.17, 15) is 4.79 Å². The molecule has 4 aromatic rings. The number of nitrogens with one attached hydrogen (secondary N) is 2.